The molecule has 3 N–H and O–H groups in total. The minimum Gasteiger partial charge on any atom is -0.444 e. The molecule has 0 aromatic rings. The van der Waals surface area contributed by atoms with Crippen molar-refractivity contribution in [2.45, 2.75) is 32.2 Å². The van der Waals surface area contributed by atoms with E-state index >= 15 is 0 Å². The van der Waals surface area contributed by atoms with Gasteiger partial charge in [-0.2, -0.15) is 0 Å². The summed E-state index contributed by atoms with van der Waals surface area (Å²) in [5.41, 5.74) is 1.04. The normalized spacial score (nSPS) is 13.1. The van der Waals surface area contributed by atoms with Gasteiger partial charge in [-0.25, -0.2) is 4.79 Å². The third kappa shape index (κ3) is 14.3. The molecular weight excluding hydrogens is 367 g/mol. The van der Waals surface area contributed by atoms with E-state index in [0.29, 0.717) is 13.0 Å². The van der Waals surface area contributed by atoms with Crippen molar-refractivity contribution in [2.24, 2.45) is 0 Å². The Hall–Kier alpha value is -0.615. The SMILES string of the molecule is BCSSCCNC(=O)CCNC(=O)OCC(OC)OC(CC)CO. The Kier molecular flexibility index (Phi) is 16.4. The number of methoxy groups -OCH3 is 1. The van der Waals surface area contributed by atoms with Gasteiger partial charge >= 0.3 is 6.09 Å². The summed E-state index contributed by atoms with van der Waals surface area (Å²) in [5, 5.41) is 14.4. The quantitative estimate of drug-likeness (QED) is 0.153. The molecule has 8 nitrogen and oxygen atoms in total. The molecule has 0 bridgehead atoms. The molecule has 0 heterocycles. The van der Waals surface area contributed by atoms with Gasteiger partial charge < -0.3 is 30.0 Å². The number of hydrogen-bond donors (Lipinski definition) is 3. The van der Waals surface area contributed by atoms with Gasteiger partial charge in [0.15, 0.2) is 6.29 Å². The van der Waals surface area contributed by atoms with Crippen LogP contribution in [0, 0.1) is 0 Å². The molecule has 0 aromatic carbocycles. The van der Waals surface area contributed by atoms with Gasteiger partial charge in [0.25, 0.3) is 0 Å². The molecule has 0 aliphatic carbocycles. The van der Waals surface area contributed by atoms with Crippen LogP contribution in [-0.4, -0.2) is 82.2 Å². The van der Waals surface area contributed by atoms with Crippen LogP contribution < -0.4 is 10.6 Å². The lowest BCUT2D eigenvalue weighted by Gasteiger charge is -2.21. The fourth-order valence-corrected chi connectivity index (χ4v) is 3.15. The molecule has 0 spiro atoms. The number of amides is 2. The molecule has 2 amide bonds. The summed E-state index contributed by atoms with van der Waals surface area (Å²) in [5.74, 6) is 0.735. The van der Waals surface area contributed by atoms with Crippen molar-refractivity contribution >= 4 is 41.4 Å². The number of nitrogens with one attached hydrogen (secondary N) is 2. The van der Waals surface area contributed by atoms with Gasteiger partial charge in [-0.05, 0) is 12.1 Å². The zero-order chi connectivity index (χ0) is 18.9. The van der Waals surface area contributed by atoms with Gasteiger partial charge in [0.2, 0.25) is 5.91 Å². The van der Waals surface area contributed by atoms with Gasteiger partial charge in [0, 0.05) is 32.4 Å². The second kappa shape index (κ2) is 16.8. The number of hydrogen-bond acceptors (Lipinski definition) is 8. The first-order valence-corrected chi connectivity index (χ1v) is 10.8. The van der Waals surface area contributed by atoms with Crippen LogP contribution in [0.2, 0.25) is 0 Å². The molecule has 2 atom stereocenters. The first-order chi connectivity index (χ1) is 12.1. The summed E-state index contributed by atoms with van der Waals surface area (Å²) < 4.78 is 15.4. The van der Waals surface area contributed by atoms with E-state index in [1.54, 1.807) is 21.6 Å². The summed E-state index contributed by atoms with van der Waals surface area (Å²) in [6, 6.07) is 0. The van der Waals surface area contributed by atoms with Crippen LogP contribution in [0.25, 0.3) is 0 Å². The number of ether oxygens (including phenoxy) is 3. The topological polar surface area (TPSA) is 106 Å². The fourth-order valence-electron chi connectivity index (χ4n) is 1.58. The average Bonchev–Trinajstić information content (AvgIpc) is 2.62. The number of carbonyl (C=O) groups excluding carboxylic acids is 2. The number of aliphatic hydroxyl groups excluding tert-OH is 1. The highest BCUT2D eigenvalue weighted by Gasteiger charge is 2.16. The highest BCUT2D eigenvalue weighted by atomic mass is 33.1. The maximum absolute atomic E-state index is 11.6. The average molecular weight is 396 g/mol. The van der Waals surface area contributed by atoms with E-state index in [1.807, 2.05) is 6.92 Å². The zero-order valence-electron chi connectivity index (χ0n) is 15.1. The van der Waals surface area contributed by atoms with E-state index in [-0.39, 0.29) is 38.2 Å². The van der Waals surface area contributed by atoms with E-state index in [0.717, 1.165) is 11.4 Å². The summed E-state index contributed by atoms with van der Waals surface area (Å²) in [6.45, 7) is 2.43. The maximum atomic E-state index is 11.6. The molecule has 0 saturated carbocycles. The molecular formula is C14H29BN2O6S2. The third-order valence-electron chi connectivity index (χ3n) is 2.95. The summed E-state index contributed by atoms with van der Waals surface area (Å²) in [4.78, 5) is 23.1. The van der Waals surface area contributed by atoms with Crippen LogP contribution in [0.5, 0.6) is 0 Å². The fraction of sp³-hybridized carbons (Fsp3) is 0.857. The van der Waals surface area contributed by atoms with Crippen molar-refractivity contribution in [1.82, 2.24) is 10.6 Å². The van der Waals surface area contributed by atoms with Crippen molar-refractivity contribution in [2.75, 3.05) is 44.8 Å². The van der Waals surface area contributed by atoms with Gasteiger partial charge in [-0.1, -0.05) is 17.7 Å². The van der Waals surface area contributed by atoms with Gasteiger partial charge in [0.1, 0.15) is 14.5 Å². The minimum absolute atomic E-state index is 0.0999. The van der Waals surface area contributed by atoms with Crippen molar-refractivity contribution in [1.29, 1.82) is 0 Å². The summed E-state index contributed by atoms with van der Waals surface area (Å²) in [7, 11) is 6.98. The lowest BCUT2D eigenvalue weighted by atomic mass is 10.2. The Morgan fingerprint density at radius 2 is 2.00 bits per heavy atom. The van der Waals surface area contributed by atoms with Crippen LogP contribution in [0.4, 0.5) is 4.79 Å². The van der Waals surface area contributed by atoms with Crippen molar-refractivity contribution in [3.63, 3.8) is 0 Å². The zero-order valence-corrected chi connectivity index (χ0v) is 16.7. The number of rotatable bonds is 15. The molecule has 0 fully saturated rings. The van der Waals surface area contributed by atoms with Crippen LogP contribution in [0.1, 0.15) is 19.8 Å². The monoisotopic (exact) mass is 396 g/mol. The number of carbonyl (C=O) groups is 2. The standard InChI is InChI=1S/C14H29BN2O6S2/c1-3-11(8-18)23-13(21-2)9-22-14(20)17-5-4-12(19)16-6-7-24-25-10-15/h11,13,18H,3-10,15H2,1-2H3,(H,16,19)(H,17,20). The Morgan fingerprint density at radius 1 is 1.24 bits per heavy atom. The second-order valence-corrected chi connectivity index (χ2v) is 7.74. The van der Waals surface area contributed by atoms with Gasteiger partial charge in [-0.15, -0.1) is 10.8 Å². The molecule has 0 radical (unpaired) electrons. The highest BCUT2D eigenvalue weighted by molar-refractivity contribution is 8.77. The molecule has 0 aromatic heterocycles. The predicted octanol–water partition coefficient (Wildman–Crippen LogP) is -0.0491. The molecule has 0 aliphatic heterocycles. The molecule has 2 unspecified atom stereocenters. The Morgan fingerprint density at radius 3 is 2.60 bits per heavy atom. The van der Waals surface area contributed by atoms with E-state index in [2.05, 4.69) is 18.5 Å². The minimum atomic E-state index is -0.746. The molecule has 0 rings (SSSR count). The van der Waals surface area contributed by atoms with Crippen molar-refractivity contribution in [3.8, 4) is 0 Å². The molecule has 11 heteroatoms. The smallest absolute Gasteiger partial charge is 0.407 e. The summed E-state index contributed by atoms with van der Waals surface area (Å²) >= 11 is 0. The first kappa shape index (κ1) is 24.4. The van der Waals surface area contributed by atoms with Crippen LogP contribution in [0.3, 0.4) is 0 Å². The van der Waals surface area contributed by atoms with E-state index < -0.39 is 12.4 Å². The Labute approximate surface area is 158 Å². The maximum Gasteiger partial charge on any atom is 0.407 e. The number of aliphatic hydroxyl groups is 1. The molecule has 146 valence electrons. The molecule has 25 heavy (non-hydrogen) atoms. The lowest BCUT2D eigenvalue weighted by Crippen LogP contribution is -2.35. The Balaban J connectivity index is 3.76. The van der Waals surface area contributed by atoms with Crippen molar-refractivity contribution in [3.05, 3.63) is 0 Å². The largest absolute Gasteiger partial charge is 0.444 e. The van der Waals surface area contributed by atoms with E-state index in [9.17, 15) is 9.59 Å². The molecule has 0 saturated heterocycles. The first-order valence-electron chi connectivity index (χ1n) is 8.28. The second-order valence-electron chi connectivity index (χ2n) is 4.87. The Bertz CT molecular complexity index is 364. The molecule has 0 aliphatic rings. The highest BCUT2D eigenvalue weighted by Crippen LogP contribution is 2.17. The van der Waals surface area contributed by atoms with E-state index in [1.165, 1.54) is 7.11 Å². The lowest BCUT2D eigenvalue weighted by molar-refractivity contribution is -0.181. The third-order valence-corrected chi connectivity index (χ3v) is 5.43. The number of alkyl carbamates (subject to hydrolysis) is 1. The van der Waals surface area contributed by atoms with Crippen LogP contribution >= 0.6 is 21.6 Å². The van der Waals surface area contributed by atoms with Gasteiger partial charge in [0.05, 0.1) is 12.7 Å². The predicted molar refractivity (Wildman–Crippen MR) is 103 cm³/mol. The van der Waals surface area contributed by atoms with Crippen LogP contribution in [0.15, 0.2) is 0 Å². The van der Waals surface area contributed by atoms with E-state index in [4.69, 9.17) is 19.3 Å². The summed E-state index contributed by atoms with van der Waals surface area (Å²) in [6.07, 6.45) is -0.954. The van der Waals surface area contributed by atoms with Crippen LogP contribution in [-0.2, 0) is 19.0 Å². The van der Waals surface area contributed by atoms with Crippen molar-refractivity contribution < 1.29 is 28.9 Å². The van der Waals surface area contributed by atoms with Gasteiger partial charge in [-0.3, -0.25) is 4.79 Å².